The molecule has 0 spiro atoms. The molecule has 1 aliphatic rings. The highest BCUT2D eigenvalue weighted by Gasteiger charge is 2.18. The van der Waals surface area contributed by atoms with E-state index in [0.29, 0.717) is 0 Å². The third kappa shape index (κ3) is 1.04. The number of aldehydes is 1. The van der Waals surface area contributed by atoms with E-state index in [-0.39, 0.29) is 5.92 Å². The zero-order valence-electron chi connectivity index (χ0n) is 6.10. The van der Waals surface area contributed by atoms with Gasteiger partial charge in [0, 0.05) is 18.9 Å². The molecule has 0 fully saturated rings. The molecule has 58 valence electrons. The van der Waals surface area contributed by atoms with Gasteiger partial charge in [-0.2, -0.15) is 0 Å². The van der Waals surface area contributed by atoms with Crippen molar-refractivity contribution in [1.29, 1.82) is 0 Å². The molecule has 2 rings (SSSR count). The van der Waals surface area contributed by atoms with Gasteiger partial charge in [-0.25, -0.2) is 4.68 Å². The second-order valence-electron chi connectivity index (χ2n) is 2.84. The molecule has 1 aromatic rings. The fourth-order valence-electron chi connectivity index (χ4n) is 1.40. The maximum absolute atomic E-state index is 10.4. The van der Waals surface area contributed by atoms with Crippen molar-refractivity contribution in [3.05, 3.63) is 11.9 Å². The van der Waals surface area contributed by atoms with Gasteiger partial charge in [0.15, 0.2) is 0 Å². The predicted octanol–water partition coefficient (Wildman–Crippen LogP) is 0.0394. The van der Waals surface area contributed by atoms with E-state index in [9.17, 15) is 4.79 Å². The molecule has 0 bridgehead atoms. The molecular weight excluding hydrogens is 142 g/mol. The summed E-state index contributed by atoms with van der Waals surface area (Å²) in [5, 5.41) is 7.65. The van der Waals surface area contributed by atoms with Crippen molar-refractivity contribution in [3.8, 4) is 0 Å². The molecule has 0 aliphatic carbocycles. The SMILES string of the molecule is O=CC1CCn2nncc2C1. The molecule has 1 unspecified atom stereocenters. The Morgan fingerprint density at radius 1 is 1.73 bits per heavy atom. The summed E-state index contributed by atoms with van der Waals surface area (Å²) in [4.78, 5) is 10.4. The molecule has 0 radical (unpaired) electrons. The molecule has 11 heavy (non-hydrogen) atoms. The summed E-state index contributed by atoms with van der Waals surface area (Å²) in [6.07, 6.45) is 4.46. The molecule has 1 atom stereocenters. The Balaban J connectivity index is 2.24. The van der Waals surface area contributed by atoms with Gasteiger partial charge < -0.3 is 4.79 Å². The normalized spacial score (nSPS) is 22.7. The third-order valence-electron chi connectivity index (χ3n) is 2.07. The highest BCUT2D eigenvalue weighted by molar-refractivity contribution is 5.54. The number of carbonyl (C=O) groups excluding carboxylic acids is 1. The Hall–Kier alpha value is -1.19. The molecule has 2 heterocycles. The number of carbonyl (C=O) groups is 1. The van der Waals surface area contributed by atoms with Crippen molar-refractivity contribution in [1.82, 2.24) is 15.0 Å². The first-order valence-corrected chi connectivity index (χ1v) is 3.73. The third-order valence-corrected chi connectivity index (χ3v) is 2.07. The second kappa shape index (κ2) is 2.45. The fourth-order valence-corrected chi connectivity index (χ4v) is 1.40. The van der Waals surface area contributed by atoms with Crippen LogP contribution in [0.1, 0.15) is 12.1 Å². The standard InChI is InChI=1S/C7H9N3O/c11-5-6-1-2-10-7(3-6)4-8-9-10/h4-6H,1-3H2. The Morgan fingerprint density at radius 2 is 2.64 bits per heavy atom. The van der Waals surface area contributed by atoms with E-state index < -0.39 is 0 Å². The van der Waals surface area contributed by atoms with Gasteiger partial charge in [-0.15, -0.1) is 5.10 Å². The largest absolute Gasteiger partial charge is 0.303 e. The van der Waals surface area contributed by atoms with Crippen LogP contribution in [0.25, 0.3) is 0 Å². The first-order valence-electron chi connectivity index (χ1n) is 3.73. The number of hydrogen-bond acceptors (Lipinski definition) is 3. The Morgan fingerprint density at radius 3 is 3.45 bits per heavy atom. The minimum absolute atomic E-state index is 0.181. The van der Waals surface area contributed by atoms with Crippen LogP contribution >= 0.6 is 0 Å². The summed E-state index contributed by atoms with van der Waals surface area (Å²) < 4.78 is 1.86. The van der Waals surface area contributed by atoms with E-state index in [1.54, 1.807) is 6.20 Å². The van der Waals surface area contributed by atoms with Crippen LogP contribution in [0.4, 0.5) is 0 Å². The summed E-state index contributed by atoms with van der Waals surface area (Å²) in [6.45, 7) is 0.832. The van der Waals surface area contributed by atoms with E-state index in [1.165, 1.54) is 0 Å². The number of rotatable bonds is 1. The Kier molecular flexibility index (Phi) is 1.45. The highest BCUT2D eigenvalue weighted by Crippen LogP contribution is 2.16. The average molecular weight is 151 g/mol. The average Bonchev–Trinajstić information content (AvgIpc) is 2.50. The number of fused-ring (bicyclic) bond motifs is 1. The molecule has 0 saturated carbocycles. The zero-order chi connectivity index (χ0) is 7.68. The van der Waals surface area contributed by atoms with Crippen molar-refractivity contribution < 1.29 is 4.79 Å². The Bertz CT molecular complexity index is 268. The fraction of sp³-hybridized carbons (Fsp3) is 0.571. The van der Waals surface area contributed by atoms with Gasteiger partial charge in [-0.05, 0) is 6.42 Å². The molecule has 0 aromatic carbocycles. The quantitative estimate of drug-likeness (QED) is 0.532. The molecule has 0 saturated heterocycles. The predicted molar refractivity (Wildman–Crippen MR) is 37.9 cm³/mol. The minimum atomic E-state index is 0.181. The molecule has 1 aliphatic heterocycles. The van der Waals surface area contributed by atoms with Crippen LogP contribution in [-0.2, 0) is 17.8 Å². The maximum Gasteiger partial charge on any atom is 0.123 e. The molecule has 4 nitrogen and oxygen atoms in total. The summed E-state index contributed by atoms with van der Waals surface area (Å²) in [7, 11) is 0. The number of aryl methyl sites for hydroxylation is 1. The Labute approximate surface area is 64.2 Å². The van der Waals surface area contributed by atoms with Gasteiger partial charge in [-0.3, -0.25) is 0 Å². The van der Waals surface area contributed by atoms with E-state index in [2.05, 4.69) is 10.3 Å². The summed E-state index contributed by atoms with van der Waals surface area (Å²) in [5.74, 6) is 0.181. The number of aromatic nitrogens is 3. The van der Waals surface area contributed by atoms with Crippen molar-refractivity contribution in [2.45, 2.75) is 19.4 Å². The van der Waals surface area contributed by atoms with Gasteiger partial charge in [0.2, 0.25) is 0 Å². The second-order valence-corrected chi connectivity index (χ2v) is 2.84. The summed E-state index contributed by atoms with van der Waals surface area (Å²) in [5.41, 5.74) is 1.08. The van der Waals surface area contributed by atoms with Gasteiger partial charge in [0.25, 0.3) is 0 Å². The number of hydrogen-bond donors (Lipinski definition) is 0. The lowest BCUT2D eigenvalue weighted by molar-refractivity contribution is -0.111. The van der Waals surface area contributed by atoms with Crippen LogP contribution in [0.3, 0.4) is 0 Å². The van der Waals surface area contributed by atoms with Crippen molar-refractivity contribution in [2.75, 3.05) is 0 Å². The molecule has 1 aromatic heterocycles. The van der Waals surface area contributed by atoms with E-state index in [0.717, 1.165) is 31.4 Å². The van der Waals surface area contributed by atoms with Gasteiger partial charge >= 0.3 is 0 Å². The van der Waals surface area contributed by atoms with Crippen LogP contribution in [0.15, 0.2) is 6.20 Å². The van der Waals surface area contributed by atoms with Crippen molar-refractivity contribution in [3.63, 3.8) is 0 Å². The van der Waals surface area contributed by atoms with E-state index in [4.69, 9.17) is 0 Å². The topological polar surface area (TPSA) is 47.8 Å². The van der Waals surface area contributed by atoms with Crippen LogP contribution in [0, 0.1) is 5.92 Å². The first-order chi connectivity index (χ1) is 5.40. The van der Waals surface area contributed by atoms with Gasteiger partial charge in [0.1, 0.15) is 6.29 Å². The number of nitrogens with zero attached hydrogens (tertiary/aromatic N) is 3. The summed E-state index contributed by atoms with van der Waals surface area (Å²) in [6, 6.07) is 0. The summed E-state index contributed by atoms with van der Waals surface area (Å²) >= 11 is 0. The van der Waals surface area contributed by atoms with Crippen molar-refractivity contribution >= 4 is 6.29 Å². The smallest absolute Gasteiger partial charge is 0.123 e. The lowest BCUT2D eigenvalue weighted by atomic mass is 9.98. The van der Waals surface area contributed by atoms with Crippen LogP contribution in [0.5, 0.6) is 0 Å². The molecule has 0 N–H and O–H groups in total. The maximum atomic E-state index is 10.4. The molecule has 0 amide bonds. The zero-order valence-corrected chi connectivity index (χ0v) is 6.10. The van der Waals surface area contributed by atoms with Crippen LogP contribution in [0.2, 0.25) is 0 Å². The minimum Gasteiger partial charge on any atom is -0.303 e. The lowest BCUT2D eigenvalue weighted by Gasteiger charge is -2.16. The van der Waals surface area contributed by atoms with Gasteiger partial charge in [0.05, 0.1) is 11.9 Å². The first kappa shape index (κ1) is 6.52. The van der Waals surface area contributed by atoms with Crippen molar-refractivity contribution in [2.24, 2.45) is 5.92 Å². The monoisotopic (exact) mass is 151 g/mol. The highest BCUT2D eigenvalue weighted by atomic mass is 16.1. The van der Waals surface area contributed by atoms with Crippen LogP contribution < -0.4 is 0 Å². The molecular formula is C7H9N3O. The van der Waals surface area contributed by atoms with Crippen LogP contribution in [-0.4, -0.2) is 21.3 Å². The van der Waals surface area contributed by atoms with E-state index in [1.807, 2.05) is 4.68 Å². The van der Waals surface area contributed by atoms with E-state index >= 15 is 0 Å². The lowest BCUT2D eigenvalue weighted by Crippen LogP contribution is -2.20. The van der Waals surface area contributed by atoms with Gasteiger partial charge in [-0.1, -0.05) is 5.21 Å². The molecule has 4 heteroatoms.